The van der Waals surface area contributed by atoms with E-state index in [1.807, 2.05) is 18.2 Å². The minimum absolute atomic E-state index is 0.325. The molecule has 1 spiro atoms. The molecule has 0 unspecified atom stereocenters. The molecule has 0 atom stereocenters. The Morgan fingerprint density at radius 1 is 1.12 bits per heavy atom. The van der Waals surface area contributed by atoms with Gasteiger partial charge < -0.3 is 9.47 Å². The molecule has 3 heterocycles. The number of hydrogen-bond acceptors (Lipinski definition) is 4. The van der Waals surface area contributed by atoms with Gasteiger partial charge >= 0.3 is 0 Å². The van der Waals surface area contributed by atoms with Crippen molar-refractivity contribution in [3.05, 3.63) is 47.9 Å². The highest BCUT2D eigenvalue weighted by molar-refractivity contribution is 5.62. The number of fused-ring (bicyclic) bond motifs is 1. The zero-order valence-electron chi connectivity index (χ0n) is 14.8. The van der Waals surface area contributed by atoms with Crippen molar-refractivity contribution in [3.8, 4) is 17.0 Å². The first-order chi connectivity index (χ1) is 12.7. The van der Waals surface area contributed by atoms with E-state index in [-0.39, 0.29) is 5.82 Å². The number of hydrogen-bond donors (Lipinski definition) is 0. The first-order valence-electron chi connectivity index (χ1n) is 9.53. The number of nitrogens with zero attached hydrogens (tertiary/aromatic N) is 2. The average molecular weight is 354 g/mol. The van der Waals surface area contributed by atoms with Crippen molar-refractivity contribution in [2.75, 3.05) is 13.1 Å². The largest absolute Gasteiger partial charge is 0.462 e. The smallest absolute Gasteiger partial charge is 0.213 e. The molecule has 5 rings (SSSR count). The van der Waals surface area contributed by atoms with Gasteiger partial charge in [-0.1, -0.05) is 6.42 Å². The molecular weight excluding hydrogens is 331 g/mol. The third kappa shape index (κ3) is 2.89. The van der Waals surface area contributed by atoms with Crippen LogP contribution < -0.4 is 4.74 Å². The molecule has 1 aliphatic carbocycles. The zero-order valence-corrected chi connectivity index (χ0v) is 14.8. The summed E-state index contributed by atoms with van der Waals surface area (Å²) < 4.78 is 25.6. The van der Waals surface area contributed by atoms with Crippen LogP contribution in [0.5, 0.6) is 5.75 Å². The Morgan fingerprint density at radius 3 is 2.65 bits per heavy atom. The zero-order chi connectivity index (χ0) is 17.6. The number of ether oxygens (including phenoxy) is 2. The van der Waals surface area contributed by atoms with Crippen molar-refractivity contribution >= 4 is 0 Å². The Labute approximate surface area is 152 Å². The molecule has 136 valence electrons. The summed E-state index contributed by atoms with van der Waals surface area (Å²) >= 11 is 0. The lowest BCUT2D eigenvalue weighted by Crippen LogP contribution is -2.54. The average Bonchev–Trinajstić information content (AvgIpc) is 2.63. The van der Waals surface area contributed by atoms with E-state index in [0.29, 0.717) is 6.61 Å². The number of likely N-dealkylation sites (tertiary alicyclic amines) is 1. The summed E-state index contributed by atoms with van der Waals surface area (Å²) in [6, 6.07) is 9.93. The predicted molar refractivity (Wildman–Crippen MR) is 96.2 cm³/mol. The van der Waals surface area contributed by atoms with Crippen LogP contribution in [0.25, 0.3) is 11.3 Å². The number of rotatable bonds is 2. The third-order valence-corrected chi connectivity index (χ3v) is 6.02. The standard InChI is InChI=1S/C21H23FN2O2/c22-17-5-6-19(23-13-17)15-4-7-20-16(12-15)14-25-21(26-20)8-10-24(11-9-21)18-2-1-3-18/h4-7,12-13,18H,1-3,8-11,14H2. The molecule has 5 heteroatoms. The van der Waals surface area contributed by atoms with Crippen molar-refractivity contribution in [2.24, 2.45) is 0 Å². The van der Waals surface area contributed by atoms with E-state index in [9.17, 15) is 4.39 Å². The van der Waals surface area contributed by atoms with Crippen LogP contribution in [0.3, 0.4) is 0 Å². The minimum Gasteiger partial charge on any atom is -0.462 e. The Hall–Kier alpha value is -1.98. The van der Waals surface area contributed by atoms with Gasteiger partial charge in [-0.3, -0.25) is 9.88 Å². The molecule has 2 aliphatic heterocycles. The van der Waals surface area contributed by atoms with Gasteiger partial charge in [0, 0.05) is 43.1 Å². The molecule has 4 nitrogen and oxygen atoms in total. The molecule has 3 aliphatic rings. The summed E-state index contributed by atoms with van der Waals surface area (Å²) in [7, 11) is 0. The van der Waals surface area contributed by atoms with Crippen molar-refractivity contribution < 1.29 is 13.9 Å². The molecule has 0 radical (unpaired) electrons. The number of benzene rings is 1. The Balaban J connectivity index is 1.31. The van der Waals surface area contributed by atoms with Crippen molar-refractivity contribution in [3.63, 3.8) is 0 Å². The lowest BCUT2D eigenvalue weighted by Gasteiger charge is -2.47. The summed E-state index contributed by atoms with van der Waals surface area (Å²) in [6.45, 7) is 2.66. The van der Waals surface area contributed by atoms with Crippen molar-refractivity contribution in [1.29, 1.82) is 0 Å². The van der Waals surface area contributed by atoms with Crippen molar-refractivity contribution in [2.45, 2.75) is 50.5 Å². The maximum absolute atomic E-state index is 13.1. The van der Waals surface area contributed by atoms with E-state index in [4.69, 9.17) is 9.47 Å². The maximum Gasteiger partial charge on any atom is 0.213 e. The molecule has 1 aromatic heterocycles. The molecule has 1 saturated heterocycles. The molecular formula is C21H23FN2O2. The Kier molecular flexibility index (Phi) is 3.94. The van der Waals surface area contributed by atoms with Gasteiger partial charge in [0.05, 0.1) is 18.5 Å². The molecule has 1 saturated carbocycles. The van der Waals surface area contributed by atoms with Gasteiger partial charge in [0.25, 0.3) is 0 Å². The van der Waals surface area contributed by atoms with Crippen LogP contribution in [0.15, 0.2) is 36.5 Å². The predicted octanol–water partition coefficient (Wildman–Crippen LogP) is 4.14. The summed E-state index contributed by atoms with van der Waals surface area (Å²) in [5.74, 6) is 0.107. The molecule has 0 N–H and O–H groups in total. The third-order valence-electron chi connectivity index (χ3n) is 6.02. The maximum atomic E-state index is 13.1. The van der Waals surface area contributed by atoms with Crippen LogP contribution in [0, 0.1) is 5.82 Å². The first-order valence-corrected chi connectivity index (χ1v) is 9.53. The second-order valence-electron chi connectivity index (χ2n) is 7.61. The topological polar surface area (TPSA) is 34.6 Å². The molecule has 1 aromatic carbocycles. The highest BCUT2D eigenvalue weighted by Crippen LogP contribution is 2.40. The number of aromatic nitrogens is 1. The Bertz CT molecular complexity index is 796. The fourth-order valence-corrected chi connectivity index (χ4v) is 4.16. The monoisotopic (exact) mass is 354 g/mol. The molecule has 2 fully saturated rings. The van der Waals surface area contributed by atoms with E-state index >= 15 is 0 Å². The van der Waals surface area contributed by atoms with Gasteiger partial charge in [0.15, 0.2) is 0 Å². The molecule has 2 aromatic rings. The van der Waals surface area contributed by atoms with E-state index in [1.54, 1.807) is 6.07 Å². The van der Waals surface area contributed by atoms with Gasteiger partial charge in [-0.2, -0.15) is 0 Å². The van der Waals surface area contributed by atoms with Crippen molar-refractivity contribution in [1.82, 2.24) is 9.88 Å². The molecule has 26 heavy (non-hydrogen) atoms. The van der Waals surface area contributed by atoms with Gasteiger partial charge in [0.1, 0.15) is 11.6 Å². The molecule has 0 bridgehead atoms. The van der Waals surface area contributed by atoms with Gasteiger partial charge in [-0.25, -0.2) is 4.39 Å². The molecule has 0 amide bonds. The lowest BCUT2D eigenvalue weighted by atomic mass is 9.89. The normalized spacial score (nSPS) is 22.5. The van der Waals surface area contributed by atoms with Gasteiger partial charge in [-0.15, -0.1) is 0 Å². The second kappa shape index (κ2) is 6.32. The first kappa shape index (κ1) is 16.2. The van der Waals surface area contributed by atoms with E-state index < -0.39 is 5.79 Å². The lowest BCUT2D eigenvalue weighted by molar-refractivity contribution is -0.231. The van der Waals surface area contributed by atoms with Crippen LogP contribution in [0.1, 0.15) is 37.7 Å². The summed E-state index contributed by atoms with van der Waals surface area (Å²) in [4.78, 5) is 6.75. The van der Waals surface area contributed by atoms with Gasteiger partial charge in [0.2, 0.25) is 5.79 Å². The minimum atomic E-state index is -0.469. The summed E-state index contributed by atoms with van der Waals surface area (Å²) in [5.41, 5.74) is 2.73. The Morgan fingerprint density at radius 2 is 1.96 bits per heavy atom. The van der Waals surface area contributed by atoms with E-state index in [2.05, 4.69) is 9.88 Å². The van der Waals surface area contributed by atoms with Crippen LogP contribution in [0.4, 0.5) is 4.39 Å². The van der Waals surface area contributed by atoms with Crippen LogP contribution in [-0.2, 0) is 11.3 Å². The van der Waals surface area contributed by atoms with Crippen LogP contribution in [-0.4, -0.2) is 34.8 Å². The highest BCUT2D eigenvalue weighted by Gasteiger charge is 2.42. The summed E-state index contributed by atoms with van der Waals surface area (Å²) in [6.07, 6.45) is 7.15. The van der Waals surface area contributed by atoms with E-state index in [1.165, 1.54) is 31.5 Å². The summed E-state index contributed by atoms with van der Waals surface area (Å²) in [5, 5.41) is 0. The number of pyridine rings is 1. The number of halogens is 1. The quantitative estimate of drug-likeness (QED) is 0.812. The van der Waals surface area contributed by atoms with Crippen LogP contribution in [0.2, 0.25) is 0 Å². The van der Waals surface area contributed by atoms with Gasteiger partial charge in [-0.05, 0) is 43.2 Å². The fourth-order valence-electron chi connectivity index (χ4n) is 4.16. The SMILES string of the molecule is Fc1ccc(-c2ccc3c(c2)COC2(CCN(C4CCC4)CC2)O3)nc1. The highest BCUT2D eigenvalue weighted by atomic mass is 19.1. The van der Waals surface area contributed by atoms with E-state index in [0.717, 1.165) is 54.5 Å². The van der Waals surface area contributed by atoms with Crippen LogP contribution >= 0.6 is 0 Å². The second-order valence-corrected chi connectivity index (χ2v) is 7.61. The number of piperidine rings is 1. The fraction of sp³-hybridized carbons (Fsp3) is 0.476.